The van der Waals surface area contributed by atoms with E-state index in [1.807, 2.05) is 31.2 Å². The molecule has 1 aliphatic heterocycles. The van der Waals surface area contributed by atoms with Crippen molar-refractivity contribution in [1.82, 2.24) is 4.31 Å². The summed E-state index contributed by atoms with van der Waals surface area (Å²) in [5.41, 5.74) is 7.40. The van der Waals surface area contributed by atoms with Crippen molar-refractivity contribution in [3.63, 3.8) is 0 Å². The molecule has 5 heteroatoms. The second kappa shape index (κ2) is 6.24. The van der Waals surface area contributed by atoms with Gasteiger partial charge in [0, 0.05) is 18.6 Å². The van der Waals surface area contributed by atoms with Crippen LogP contribution in [0.25, 0.3) is 0 Å². The van der Waals surface area contributed by atoms with E-state index in [2.05, 4.69) is 6.92 Å². The van der Waals surface area contributed by atoms with E-state index in [-0.39, 0.29) is 17.8 Å². The molecule has 20 heavy (non-hydrogen) atoms. The van der Waals surface area contributed by atoms with Crippen LogP contribution in [0.15, 0.2) is 24.3 Å². The van der Waals surface area contributed by atoms with Crippen molar-refractivity contribution in [1.29, 1.82) is 0 Å². The first-order chi connectivity index (χ1) is 9.47. The van der Waals surface area contributed by atoms with Crippen LogP contribution in [0.4, 0.5) is 0 Å². The van der Waals surface area contributed by atoms with E-state index in [0.29, 0.717) is 6.54 Å². The molecule has 0 radical (unpaired) electrons. The molecule has 2 rings (SSSR count). The van der Waals surface area contributed by atoms with Gasteiger partial charge in [0.25, 0.3) is 0 Å². The summed E-state index contributed by atoms with van der Waals surface area (Å²) in [6.45, 7) is 4.54. The third kappa shape index (κ3) is 3.22. The number of benzene rings is 1. The van der Waals surface area contributed by atoms with Gasteiger partial charge in [0.2, 0.25) is 10.0 Å². The maximum atomic E-state index is 12.6. The predicted molar refractivity (Wildman–Crippen MR) is 81.6 cm³/mol. The number of nitrogens with two attached hydrogens (primary N) is 1. The number of rotatable bonds is 5. The Hall–Kier alpha value is -0.910. The Labute approximate surface area is 122 Å². The van der Waals surface area contributed by atoms with Crippen molar-refractivity contribution in [2.45, 2.75) is 57.5 Å². The SMILES string of the molecule is CCC1CCC(C)N1S(=O)(=O)Cc1ccc(CN)cc1. The molecule has 1 fully saturated rings. The third-order valence-electron chi connectivity index (χ3n) is 4.11. The maximum Gasteiger partial charge on any atom is 0.218 e. The van der Waals surface area contributed by atoms with Gasteiger partial charge in [-0.1, -0.05) is 31.2 Å². The van der Waals surface area contributed by atoms with Crippen LogP contribution in [-0.2, 0) is 22.3 Å². The zero-order valence-electron chi connectivity index (χ0n) is 12.2. The smallest absolute Gasteiger partial charge is 0.218 e. The van der Waals surface area contributed by atoms with E-state index in [0.717, 1.165) is 30.4 Å². The second-order valence-electron chi connectivity index (χ2n) is 5.60. The molecule has 2 N–H and O–H groups in total. The highest BCUT2D eigenvalue weighted by atomic mass is 32.2. The normalized spacial score (nSPS) is 24.1. The summed E-state index contributed by atoms with van der Waals surface area (Å²) >= 11 is 0. The van der Waals surface area contributed by atoms with E-state index >= 15 is 0 Å². The van der Waals surface area contributed by atoms with E-state index < -0.39 is 10.0 Å². The minimum absolute atomic E-state index is 0.0820. The minimum Gasteiger partial charge on any atom is -0.326 e. The van der Waals surface area contributed by atoms with Crippen LogP contribution in [0.5, 0.6) is 0 Å². The van der Waals surface area contributed by atoms with Crippen molar-refractivity contribution < 1.29 is 8.42 Å². The lowest BCUT2D eigenvalue weighted by atomic mass is 10.1. The summed E-state index contributed by atoms with van der Waals surface area (Å²) in [6, 6.07) is 7.81. The fraction of sp³-hybridized carbons (Fsp3) is 0.600. The van der Waals surface area contributed by atoms with Crippen molar-refractivity contribution in [3.8, 4) is 0 Å². The summed E-state index contributed by atoms with van der Waals surface area (Å²) in [6.07, 6.45) is 2.82. The van der Waals surface area contributed by atoms with E-state index in [4.69, 9.17) is 5.73 Å². The first-order valence-electron chi connectivity index (χ1n) is 7.27. The fourth-order valence-electron chi connectivity index (χ4n) is 2.99. The van der Waals surface area contributed by atoms with Crippen LogP contribution in [0.3, 0.4) is 0 Å². The van der Waals surface area contributed by atoms with Crippen LogP contribution < -0.4 is 5.73 Å². The van der Waals surface area contributed by atoms with Gasteiger partial charge < -0.3 is 5.73 Å². The van der Waals surface area contributed by atoms with E-state index in [9.17, 15) is 8.42 Å². The van der Waals surface area contributed by atoms with E-state index in [1.54, 1.807) is 4.31 Å². The lowest BCUT2D eigenvalue weighted by molar-refractivity contribution is 0.328. The van der Waals surface area contributed by atoms with Crippen LogP contribution in [-0.4, -0.2) is 24.8 Å². The highest BCUT2D eigenvalue weighted by Gasteiger charge is 2.37. The average Bonchev–Trinajstić information content (AvgIpc) is 2.81. The van der Waals surface area contributed by atoms with Gasteiger partial charge in [-0.05, 0) is 37.3 Å². The lowest BCUT2D eigenvalue weighted by Gasteiger charge is -2.27. The van der Waals surface area contributed by atoms with Gasteiger partial charge >= 0.3 is 0 Å². The highest BCUT2D eigenvalue weighted by Crippen LogP contribution is 2.30. The largest absolute Gasteiger partial charge is 0.326 e. The van der Waals surface area contributed by atoms with Gasteiger partial charge in [-0.2, -0.15) is 4.31 Å². The summed E-state index contributed by atoms with van der Waals surface area (Å²) < 4.78 is 27.0. The third-order valence-corrected chi connectivity index (χ3v) is 6.11. The predicted octanol–water partition coefficient (Wildman–Crippen LogP) is 2.24. The molecular weight excluding hydrogens is 272 g/mol. The Morgan fingerprint density at radius 1 is 1.20 bits per heavy atom. The molecule has 0 amide bonds. The van der Waals surface area contributed by atoms with Crippen LogP contribution in [0, 0.1) is 0 Å². The van der Waals surface area contributed by atoms with Crippen LogP contribution >= 0.6 is 0 Å². The van der Waals surface area contributed by atoms with Gasteiger partial charge in [-0.3, -0.25) is 0 Å². The number of hydrogen-bond acceptors (Lipinski definition) is 3. The molecule has 0 spiro atoms. The first kappa shape index (κ1) is 15.5. The topological polar surface area (TPSA) is 63.4 Å². The molecule has 112 valence electrons. The Morgan fingerprint density at radius 2 is 1.80 bits per heavy atom. The highest BCUT2D eigenvalue weighted by molar-refractivity contribution is 7.88. The van der Waals surface area contributed by atoms with Crippen LogP contribution in [0.1, 0.15) is 44.2 Å². The molecule has 0 saturated carbocycles. The second-order valence-corrected chi connectivity index (χ2v) is 7.47. The monoisotopic (exact) mass is 296 g/mol. The molecule has 2 unspecified atom stereocenters. The molecule has 0 aliphatic carbocycles. The van der Waals surface area contributed by atoms with Gasteiger partial charge in [0.1, 0.15) is 0 Å². The van der Waals surface area contributed by atoms with E-state index in [1.165, 1.54) is 0 Å². The molecule has 0 aromatic heterocycles. The summed E-state index contributed by atoms with van der Waals surface area (Å²) in [5.74, 6) is 0.0820. The number of sulfonamides is 1. The van der Waals surface area contributed by atoms with Crippen molar-refractivity contribution >= 4 is 10.0 Å². The molecule has 1 aliphatic rings. The van der Waals surface area contributed by atoms with Gasteiger partial charge in [-0.25, -0.2) is 8.42 Å². The molecule has 0 bridgehead atoms. The molecular formula is C15H24N2O2S. The summed E-state index contributed by atoms with van der Waals surface area (Å²) in [7, 11) is -3.24. The Bertz CT molecular complexity index is 539. The van der Waals surface area contributed by atoms with Gasteiger partial charge in [-0.15, -0.1) is 0 Å². The Balaban J connectivity index is 2.17. The summed E-state index contributed by atoms with van der Waals surface area (Å²) in [4.78, 5) is 0. The number of nitrogens with zero attached hydrogens (tertiary/aromatic N) is 1. The fourth-order valence-corrected chi connectivity index (χ4v) is 5.12. The van der Waals surface area contributed by atoms with Crippen molar-refractivity contribution in [2.24, 2.45) is 5.73 Å². The summed E-state index contributed by atoms with van der Waals surface area (Å²) in [5, 5.41) is 0. The molecule has 1 heterocycles. The maximum absolute atomic E-state index is 12.6. The quantitative estimate of drug-likeness (QED) is 0.906. The lowest BCUT2D eigenvalue weighted by Crippen LogP contribution is -2.40. The minimum atomic E-state index is -3.24. The van der Waals surface area contributed by atoms with Crippen LogP contribution in [0.2, 0.25) is 0 Å². The molecule has 1 aromatic rings. The van der Waals surface area contributed by atoms with Crippen molar-refractivity contribution in [2.75, 3.05) is 0 Å². The van der Waals surface area contributed by atoms with Gasteiger partial charge in [0.15, 0.2) is 0 Å². The zero-order chi connectivity index (χ0) is 14.8. The van der Waals surface area contributed by atoms with Crippen molar-refractivity contribution in [3.05, 3.63) is 35.4 Å². The van der Waals surface area contributed by atoms with Gasteiger partial charge in [0.05, 0.1) is 5.75 Å². The standard InChI is InChI=1S/C15H24N2O2S/c1-3-15-9-4-12(2)17(15)20(18,19)11-14-7-5-13(10-16)6-8-14/h5-8,12,15H,3-4,9-11,16H2,1-2H3. The number of hydrogen-bond donors (Lipinski definition) is 1. The molecule has 4 nitrogen and oxygen atoms in total. The average molecular weight is 296 g/mol. The molecule has 2 atom stereocenters. The molecule has 1 aromatic carbocycles. The zero-order valence-corrected chi connectivity index (χ0v) is 13.1. The molecule has 1 saturated heterocycles. The Kier molecular flexibility index (Phi) is 4.83. The Morgan fingerprint density at radius 3 is 2.35 bits per heavy atom. The first-order valence-corrected chi connectivity index (χ1v) is 8.88.